The Hall–Kier alpha value is -1.95. The molecule has 18 heavy (non-hydrogen) atoms. The summed E-state index contributed by atoms with van der Waals surface area (Å²) >= 11 is 1.40. The topological polar surface area (TPSA) is 83.0 Å². The minimum atomic E-state index is -1.10. The summed E-state index contributed by atoms with van der Waals surface area (Å²) in [5, 5.41) is 11.7. The van der Waals surface area contributed by atoms with Crippen LogP contribution >= 0.6 is 11.3 Å². The van der Waals surface area contributed by atoms with Crippen molar-refractivity contribution in [3.8, 4) is 10.7 Å². The molecule has 0 unspecified atom stereocenters. The van der Waals surface area contributed by atoms with Gasteiger partial charge in [-0.05, 0) is 11.5 Å². The van der Waals surface area contributed by atoms with Gasteiger partial charge in [0.2, 0.25) is 0 Å². The average molecular weight is 264 g/mol. The summed E-state index contributed by atoms with van der Waals surface area (Å²) in [5.41, 5.74) is 1.39. The lowest BCUT2D eigenvalue weighted by molar-refractivity contribution is 0.0692. The number of carbonyl (C=O) groups excluding carboxylic acids is 1. The van der Waals surface area contributed by atoms with Crippen LogP contribution in [0.25, 0.3) is 10.7 Å². The second-order valence-corrected chi connectivity index (χ2v) is 5.01. The quantitative estimate of drug-likeness (QED) is 0.832. The van der Waals surface area contributed by atoms with Gasteiger partial charge in [0.05, 0.1) is 17.0 Å². The molecule has 2 heterocycles. The molecule has 0 bridgehead atoms. The number of hydrogen-bond acceptors (Lipinski definition) is 4. The second kappa shape index (κ2) is 4.73. The number of thiazole rings is 1. The predicted molar refractivity (Wildman–Crippen MR) is 68.3 cm³/mol. The van der Waals surface area contributed by atoms with E-state index in [0.717, 1.165) is 0 Å². The third-order valence-corrected chi connectivity index (χ3v) is 3.41. The van der Waals surface area contributed by atoms with Crippen LogP contribution in [0.5, 0.6) is 0 Å². The van der Waals surface area contributed by atoms with Gasteiger partial charge in [-0.25, -0.2) is 9.78 Å². The molecule has 6 heteroatoms. The molecule has 0 fully saturated rings. The van der Waals surface area contributed by atoms with Gasteiger partial charge in [0.15, 0.2) is 6.29 Å². The standard InChI is InChI=1S/C12H12N2O3S/c1-6(2)8-9(12(16)17)7(5-15)14-10(8)11-13-3-4-18-11/h3-6,14H,1-2H3,(H,16,17). The number of carbonyl (C=O) groups is 2. The number of hydrogen-bond donors (Lipinski definition) is 2. The van der Waals surface area contributed by atoms with Gasteiger partial charge in [0.25, 0.3) is 0 Å². The van der Waals surface area contributed by atoms with E-state index in [-0.39, 0.29) is 17.2 Å². The van der Waals surface area contributed by atoms with Gasteiger partial charge in [0.1, 0.15) is 5.01 Å². The summed E-state index contributed by atoms with van der Waals surface area (Å²) in [5.74, 6) is -1.11. The fourth-order valence-electron chi connectivity index (χ4n) is 1.95. The van der Waals surface area contributed by atoms with Crippen molar-refractivity contribution in [1.82, 2.24) is 9.97 Å². The molecular formula is C12H12N2O3S. The van der Waals surface area contributed by atoms with Crippen LogP contribution < -0.4 is 0 Å². The predicted octanol–water partition coefficient (Wildman–Crippen LogP) is 2.77. The van der Waals surface area contributed by atoms with Crippen molar-refractivity contribution in [2.75, 3.05) is 0 Å². The summed E-state index contributed by atoms with van der Waals surface area (Å²) in [6, 6.07) is 0. The highest BCUT2D eigenvalue weighted by atomic mass is 32.1. The zero-order valence-electron chi connectivity index (χ0n) is 9.93. The zero-order chi connectivity index (χ0) is 13.3. The van der Waals surface area contributed by atoms with Crippen LogP contribution in [-0.4, -0.2) is 27.3 Å². The molecule has 0 aliphatic rings. The number of rotatable bonds is 4. The summed E-state index contributed by atoms with van der Waals surface area (Å²) < 4.78 is 0. The van der Waals surface area contributed by atoms with Crippen LogP contribution in [0, 0.1) is 0 Å². The third kappa shape index (κ3) is 1.95. The lowest BCUT2D eigenvalue weighted by Gasteiger charge is -2.07. The number of nitrogens with one attached hydrogen (secondary N) is 1. The number of aromatic amines is 1. The Kier molecular flexibility index (Phi) is 3.29. The van der Waals surface area contributed by atoms with Crippen molar-refractivity contribution in [3.05, 3.63) is 28.4 Å². The third-order valence-electron chi connectivity index (χ3n) is 2.62. The Morgan fingerprint density at radius 1 is 1.56 bits per heavy atom. The SMILES string of the molecule is CC(C)c1c(-c2nccs2)[nH]c(C=O)c1C(=O)O. The van der Waals surface area contributed by atoms with Crippen molar-refractivity contribution in [2.45, 2.75) is 19.8 Å². The molecular weight excluding hydrogens is 252 g/mol. The molecule has 2 aromatic rings. The first-order chi connectivity index (χ1) is 8.56. The van der Waals surface area contributed by atoms with Gasteiger partial charge in [0, 0.05) is 11.6 Å². The van der Waals surface area contributed by atoms with E-state index < -0.39 is 5.97 Å². The Labute approximate surface area is 107 Å². The molecule has 0 saturated heterocycles. The highest BCUT2D eigenvalue weighted by Gasteiger charge is 2.25. The molecule has 0 saturated carbocycles. The Morgan fingerprint density at radius 3 is 2.72 bits per heavy atom. The molecule has 0 aromatic carbocycles. The number of carboxylic acid groups (broad SMARTS) is 1. The molecule has 0 aliphatic heterocycles. The maximum absolute atomic E-state index is 11.3. The van der Waals surface area contributed by atoms with E-state index in [1.54, 1.807) is 11.6 Å². The van der Waals surface area contributed by atoms with Gasteiger partial charge in [-0.2, -0.15) is 0 Å². The average Bonchev–Trinajstić information content (AvgIpc) is 2.94. The minimum Gasteiger partial charge on any atom is -0.478 e. The maximum atomic E-state index is 11.3. The highest BCUT2D eigenvalue weighted by molar-refractivity contribution is 7.13. The lowest BCUT2D eigenvalue weighted by Crippen LogP contribution is -2.04. The summed E-state index contributed by atoms with van der Waals surface area (Å²) in [6.45, 7) is 3.78. The summed E-state index contributed by atoms with van der Waals surface area (Å²) in [4.78, 5) is 29.3. The van der Waals surface area contributed by atoms with Crippen molar-refractivity contribution in [1.29, 1.82) is 0 Å². The van der Waals surface area contributed by atoms with Crippen LogP contribution in [0.3, 0.4) is 0 Å². The van der Waals surface area contributed by atoms with Crippen molar-refractivity contribution in [3.63, 3.8) is 0 Å². The first kappa shape index (κ1) is 12.5. The summed E-state index contributed by atoms with van der Waals surface area (Å²) in [7, 11) is 0. The number of aromatic carboxylic acids is 1. The van der Waals surface area contributed by atoms with E-state index in [2.05, 4.69) is 9.97 Å². The summed E-state index contributed by atoms with van der Waals surface area (Å²) in [6.07, 6.45) is 2.18. The molecule has 2 rings (SSSR count). The maximum Gasteiger partial charge on any atom is 0.338 e. The smallest absolute Gasteiger partial charge is 0.338 e. The Balaban J connectivity index is 2.74. The van der Waals surface area contributed by atoms with Crippen LogP contribution in [-0.2, 0) is 0 Å². The first-order valence-electron chi connectivity index (χ1n) is 5.40. The lowest BCUT2D eigenvalue weighted by atomic mass is 9.97. The number of nitrogens with zero attached hydrogens (tertiary/aromatic N) is 1. The monoisotopic (exact) mass is 264 g/mol. The van der Waals surface area contributed by atoms with Crippen LogP contribution in [0.2, 0.25) is 0 Å². The highest BCUT2D eigenvalue weighted by Crippen LogP contribution is 2.34. The van der Waals surface area contributed by atoms with Crippen LogP contribution in [0.1, 0.15) is 46.2 Å². The van der Waals surface area contributed by atoms with Crippen molar-refractivity contribution >= 4 is 23.6 Å². The van der Waals surface area contributed by atoms with Crippen LogP contribution in [0.4, 0.5) is 0 Å². The van der Waals surface area contributed by atoms with Crippen molar-refractivity contribution < 1.29 is 14.7 Å². The van der Waals surface area contributed by atoms with E-state index in [1.807, 2.05) is 13.8 Å². The van der Waals surface area contributed by atoms with Gasteiger partial charge < -0.3 is 10.1 Å². The first-order valence-corrected chi connectivity index (χ1v) is 6.28. The molecule has 2 N–H and O–H groups in total. The Morgan fingerprint density at radius 2 is 2.28 bits per heavy atom. The van der Waals surface area contributed by atoms with E-state index in [4.69, 9.17) is 0 Å². The van der Waals surface area contributed by atoms with Gasteiger partial charge in [-0.3, -0.25) is 4.79 Å². The number of aldehydes is 1. The van der Waals surface area contributed by atoms with Gasteiger partial charge >= 0.3 is 5.97 Å². The molecule has 0 radical (unpaired) electrons. The van der Waals surface area contributed by atoms with E-state index >= 15 is 0 Å². The fourth-order valence-corrected chi connectivity index (χ4v) is 2.60. The minimum absolute atomic E-state index is 0.0139. The number of H-pyrrole nitrogens is 1. The molecule has 0 atom stereocenters. The van der Waals surface area contributed by atoms with E-state index in [9.17, 15) is 14.7 Å². The normalized spacial score (nSPS) is 10.8. The second-order valence-electron chi connectivity index (χ2n) is 4.12. The largest absolute Gasteiger partial charge is 0.478 e. The van der Waals surface area contributed by atoms with Gasteiger partial charge in [-0.15, -0.1) is 11.3 Å². The van der Waals surface area contributed by atoms with E-state index in [0.29, 0.717) is 22.6 Å². The van der Waals surface area contributed by atoms with Crippen LogP contribution in [0.15, 0.2) is 11.6 Å². The number of aromatic nitrogens is 2. The molecule has 0 spiro atoms. The molecule has 2 aromatic heterocycles. The molecule has 0 aliphatic carbocycles. The Bertz CT molecular complexity index is 585. The fraction of sp³-hybridized carbons (Fsp3) is 0.250. The van der Waals surface area contributed by atoms with Crippen molar-refractivity contribution in [2.24, 2.45) is 0 Å². The molecule has 0 amide bonds. The molecule has 94 valence electrons. The zero-order valence-corrected chi connectivity index (χ0v) is 10.7. The molecule has 5 nitrogen and oxygen atoms in total. The number of carboxylic acids is 1. The van der Waals surface area contributed by atoms with E-state index in [1.165, 1.54) is 11.3 Å². The van der Waals surface area contributed by atoms with Gasteiger partial charge in [-0.1, -0.05) is 13.8 Å².